The quantitative estimate of drug-likeness (QED) is 0.599. The third kappa shape index (κ3) is 3.68. The van der Waals surface area contributed by atoms with E-state index in [0.29, 0.717) is 22.1 Å². The summed E-state index contributed by atoms with van der Waals surface area (Å²) in [4.78, 5) is 12.1. The lowest BCUT2D eigenvalue weighted by Crippen LogP contribution is -1.94. The van der Waals surface area contributed by atoms with Crippen molar-refractivity contribution in [3.05, 3.63) is 64.2 Å². The Bertz CT molecular complexity index is 703. The second kappa shape index (κ2) is 7.14. The largest absolute Gasteiger partial charge is 0.493 e. The van der Waals surface area contributed by atoms with Crippen LogP contribution in [0.2, 0.25) is 5.02 Å². The standard InChI is InChI=1S/C18H17ClO3/c1-12-4-7-14(8-5-12)16(20)9-6-13-10-15(19)18(22-3)17(11-13)21-2/h4-11H,1-3H3. The van der Waals surface area contributed by atoms with Crippen LogP contribution in [0.3, 0.4) is 0 Å². The Morgan fingerprint density at radius 2 is 1.77 bits per heavy atom. The molecule has 22 heavy (non-hydrogen) atoms. The van der Waals surface area contributed by atoms with Gasteiger partial charge < -0.3 is 9.47 Å². The molecule has 3 nitrogen and oxygen atoms in total. The fourth-order valence-electron chi connectivity index (χ4n) is 2.02. The van der Waals surface area contributed by atoms with Crippen LogP contribution in [-0.4, -0.2) is 20.0 Å². The third-order valence-corrected chi connectivity index (χ3v) is 3.50. The fourth-order valence-corrected chi connectivity index (χ4v) is 2.32. The van der Waals surface area contributed by atoms with Crippen molar-refractivity contribution in [3.8, 4) is 11.5 Å². The molecule has 0 saturated carbocycles. The van der Waals surface area contributed by atoms with Gasteiger partial charge in [-0.25, -0.2) is 0 Å². The molecule has 0 saturated heterocycles. The smallest absolute Gasteiger partial charge is 0.185 e. The molecule has 0 aliphatic heterocycles. The maximum atomic E-state index is 12.1. The zero-order valence-electron chi connectivity index (χ0n) is 12.7. The number of methoxy groups -OCH3 is 2. The molecule has 0 aliphatic rings. The molecule has 0 amide bonds. The number of ether oxygens (including phenoxy) is 2. The van der Waals surface area contributed by atoms with Gasteiger partial charge in [-0.3, -0.25) is 4.79 Å². The molecule has 0 atom stereocenters. The van der Waals surface area contributed by atoms with Crippen LogP contribution in [-0.2, 0) is 0 Å². The number of carbonyl (C=O) groups is 1. The maximum Gasteiger partial charge on any atom is 0.185 e. The Morgan fingerprint density at radius 1 is 1.09 bits per heavy atom. The van der Waals surface area contributed by atoms with E-state index in [1.54, 1.807) is 25.3 Å². The minimum atomic E-state index is -0.0640. The molecule has 0 fully saturated rings. The minimum absolute atomic E-state index is 0.0640. The van der Waals surface area contributed by atoms with Gasteiger partial charge in [-0.05, 0) is 30.7 Å². The molecule has 2 aromatic rings. The van der Waals surface area contributed by atoms with Crippen LogP contribution in [0.25, 0.3) is 6.08 Å². The molecule has 4 heteroatoms. The third-order valence-electron chi connectivity index (χ3n) is 3.22. The molecular weight excluding hydrogens is 300 g/mol. The van der Waals surface area contributed by atoms with Gasteiger partial charge in [0.25, 0.3) is 0 Å². The minimum Gasteiger partial charge on any atom is -0.493 e. The number of benzene rings is 2. The van der Waals surface area contributed by atoms with E-state index in [4.69, 9.17) is 21.1 Å². The number of hydrogen-bond acceptors (Lipinski definition) is 3. The average Bonchev–Trinajstić information content (AvgIpc) is 2.52. The SMILES string of the molecule is COc1cc(C=CC(=O)c2ccc(C)cc2)cc(Cl)c1OC. The normalized spacial score (nSPS) is 10.7. The highest BCUT2D eigenvalue weighted by molar-refractivity contribution is 6.32. The molecule has 0 radical (unpaired) electrons. The van der Waals surface area contributed by atoms with Crippen LogP contribution >= 0.6 is 11.6 Å². The predicted molar refractivity (Wildman–Crippen MR) is 89.1 cm³/mol. The van der Waals surface area contributed by atoms with Crippen LogP contribution in [0, 0.1) is 6.92 Å². The molecule has 0 heterocycles. The van der Waals surface area contributed by atoms with Crippen molar-refractivity contribution in [3.63, 3.8) is 0 Å². The van der Waals surface area contributed by atoms with Crippen LogP contribution in [0.1, 0.15) is 21.5 Å². The lowest BCUT2D eigenvalue weighted by molar-refractivity contribution is 0.104. The Labute approximate surface area is 135 Å². The number of allylic oxidation sites excluding steroid dienone is 1. The summed E-state index contributed by atoms with van der Waals surface area (Å²) in [6.45, 7) is 1.98. The highest BCUT2D eigenvalue weighted by Gasteiger charge is 2.10. The van der Waals surface area contributed by atoms with Crippen LogP contribution < -0.4 is 9.47 Å². The molecule has 0 aliphatic carbocycles. The molecule has 0 spiro atoms. The van der Waals surface area contributed by atoms with Gasteiger partial charge in [-0.2, -0.15) is 0 Å². The number of aryl methyl sites for hydroxylation is 1. The summed E-state index contributed by atoms with van der Waals surface area (Å²) in [5, 5.41) is 0.435. The Kier molecular flexibility index (Phi) is 5.23. The highest BCUT2D eigenvalue weighted by atomic mass is 35.5. The molecule has 0 bridgehead atoms. The first kappa shape index (κ1) is 16.1. The summed E-state index contributed by atoms with van der Waals surface area (Å²) in [6, 6.07) is 10.9. The Balaban J connectivity index is 2.24. The number of halogens is 1. The lowest BCUT2D eigenvalue weighted by Gasteiger charge is -2.10. The average molecular weight is 317 g/mol. The van der Waals surface area contributed by atoms with Crippen molar-refractivity contribution in [1.82, 2.24) is 0 Å². The van der Waals surface area contributed by atoms with E-state index >= 15 is 0 Å². The van der Waals surface area contributed by atoms with Crippen molar-refractivity contribution in [2.45, 2.75) is 6.92 Å². The van der Waals surface area contributed by atoms with Gasteiger partial charge in [0, 0.05) is 5.56 Å². The number of hydrogen-bond donors (Lipinski definition) is 0. The first-order valence-corrected chi connectivity index (χ1v) is 7.13. The van der Waals surface area contributed by atoms with Crippen molar-refractivity contribution in [2.24, 2.45) is 0 Å². The van der Waals surface area contributed by atoms with Crippen molar-refractivity contribution in [1.29, 1.82) is 0 Å². The molecule has 114 valence electrons. The summed E-state index contributed by atoms with van der Waals surface area (Å²) in [6.07, 6.45) is 3.22. The molecule has 2 aromatic carbocycles. The molecule has 0 N–H and O–H groups in total. The highest BCUT2D eigenvalue weighted by Crippen LogP contribution is 2.36. The van der Waals surface area contributed by atoms with Crippen molar-refractivity contribution >= 4 is 23.5 Å². The summed E-state index contributed by atoms with van der Waals surface area (Å²) < 4.78 is 10.4. The van der Waals surface area contributed by atoms with E-state index in [1.165, 1.54) is 13.2 Å². The van der Waals surface area contributed by atoms with Crippen molar-refractivity contribution < 1.29 is 14.3 Å². The van der Waals surface area contributed by atoms with Gasteiger partial charge in [0.05, 0.1) is 19.2 Å². The summed E-state index contributed by atoms with van der Waals surface area (Å²) in [5.41, 5.74) is 2.53. The molecule has 0 unspecified atom stereocenters. The number of ketones is 1. The lowest BCUT2D eigenvalue weighted by atomic mass is 10.1. The molecule has 0 aromatic heterocycles. The zero-order chi connectivity index (χ0) is 16.1. The maximum absolute atomic E-state index is 12.1. The van der Waals surface area contributed by atoms with Gasteiger partial charge in [0.1, 0.15) is 0 Å². The summed E-state index contributed by atoms with van der Waals surface area (Å²) in [7, 11) is 3.07. The number of rotatable bonds is 5. The zero-order valence-corrected chi connectivity index (χ0v) is 13.5. The van der Waals surface area contributed by atoms with Crippen LogP contribution in [0.15, 0.2) is 42.5 Å². The molecule has 2 rings (SSSR count). The van der Waals surface area contributed by atoms with Gasteiger partial charge in [-0.1, -0.05) is 47.5 Å². The van der Waals surface area contributed by atoms with Gasteiger partial charge in [-0.15, -0.1) is 0 Å². The second-order valence-electron chi connectivity index (χ2n) is 4.80. The topological polar surface area (TPSA) is 35.5 Å². The van der Waals surface area contributed by atoms with E-state index < -0.39 is 0 Å². The van der Waals surface area contributed by atoms with E-state index in [2.05, 4.69) is 0 Å². The van der Waals surface area contributed by atoms with E-state index in [1.807, 2.05) is 31.2 Å². The van der Waals surface area contributed by atoms with E-state index in [0.717, 1.165) is 11.1 Å². The Hall–Kier alpha value is -2.26. The van der Waals surface area contributed by atoms with Crippen molar-refractivity contribution in [2.75, 3.05) is 14.2 Å². The number of carbonyl (C=O) groups excluding carboxylic acids is 1. The Morgan fingerprint density at radius 3 is 2.36 bits per heavy atom. The van der Waals surface area contributed by atoms with E-state index in [-0.39, 0.29) is 5.78 Å². The first-order valence-electron chi connectivity index (χ1n) is 6.75. The van der Waals surface area contributed by atoms with Gasteiger partial charge in [0.15, 0.2) is 17.3 Å². The van der Waals surface area contributed by atoms with E-state index in [9.17, 15) is 4.79 Å². The fraction of sp³-hybridized carbons (Fsp3) is 0.167. The molecular formula is C18H17ClO3. The van der Waals surface area contributed by atoms with Gasteiger partial charge >= 0.3 is 0 Å². The van der Waals surface area contributed by atoms with Crippen LogP contribution in [0.4, 0.5) is 0 Å². The summed E-state index contributed by atoms with van der Waals surface area (Å²) >= 11 is 6.14. The first-order chi connectivity index (χ1) is 10.5. The van der Waals surface area contributed by atoms with Crippen LogP contribution in [0.5, 0.6) is 11.5 Å². The predicted octanol–water partition coefficient (Wildman–Crippen LogP) is 4.56. The summed E-state index contributed by atoms with van der Waals surface area (Å²) in [5.74, 6) is 0.939. The monoisotopic (exact) mass is 316 g/mol. The van der Waals surface area contributed by atoms with Gasteiger partial charge in [0.2, 0.25) is 0 Å². The second-order valence-corrected chi connectivity index (χ2v) is 5.21.